The van der Waals surface area contributed by atoms with Crippen molar-refractivity contribution in [2.45, 2.75) is 45.8 Å². The number of benzene rings is 2. The smallest absolute Gasteiger partial charge is 0.261 e. The zero-order chi connectivity index (χ0) is 19.4. The van der Waals surface area contributed by atoms with Gasteiger partial charge in [-0.1, -0.05) is 29.8 Å². The molecular formula is C22H26N2O3. The molecule has 2 amide bonds. The van der Waals surface area contributed by atoms with Gasteiger partial charge in [0.25, 0.3) is 5.91 Å². The van der Waals surface area contributed by atoms with E-state index in [0.717, 1.165) is 29.7 Å². The summed E-state index contributed by atoms with van der Waals surface area (Å²) in [5.74, 6) is 0.768. The minimum Gasteiger partial charge on any atom is -0.481 e. The van der Waals surface area contributed by atoms with Crippen molar-refractivity contribution in [1.29, 1.82) is 0 Å². The second kappa shape index (κ2) is 8.25. The molecule has 0 aromatic heterocycles. The third kappa shape index (κ3) is 5.33. The Balaban J connectivity index is 1.52. The summed E-state index contributed by atoms with van der Waals surface area (Å²) in [6.07, 6.45) is 1.37. The molecule has 1 fully saturated rings. The number of hydrogen-bond donors (Lipinski definition) is 2. The Labute approximate surface area is 160 Å². The van der Waals surface area contributed by atoms with Gasteiger partial charge in [0.15, 0.2) is 6.10 Å². The average Bonchev–Trinajstić information content (AvgIpc) is 3.49. The van der Waals surface area contributed by atoms with Gasteiger partial charge in [-0.25, -0.2) is 0 Å². The van der Waals surface area contributed by atoms with Crippen molar-refractivity contribution in [3.63, 3.8) is 0 Å². The molecule has 0 bridgehead atoms. The second-order valence-corrected chi connectivity index (χ2v) is 7.19. The highest BCUT2D eigenvalue weighted by molar-refractivity contribution is 5.94. The Morgan fingerprint density at radius 3 is 2.22 bits per heavy atom. The largest absolute Gasteiger partial charge is 0.481 e. The van der Waals surface area contributed by atoms with Gasteiger partial charge in [-0.05, 0) is 63.4 Å². The van der Waals surface area contributed by atoms with Crippen LogP contribution in [-0.4, -0.2) is 17.9 Å². The maximum Gasteiger partial charge on any atom is 0.261 e. The predicted octanol–water partition coefficient (Wildman–Crippen LogP) is 3.99. The number of amides is 2. The molecule has 5 nitrogen and oxygen atoms in total. The first-order valence-corrected chi connectivity index (χ1v) is 9.37. The molecule has 0 saturated heterocycles. The van der Waals surface area contributed by atoms with Crippen LogP contribution in [0.2, 0.25) is 0 Å². The fraction of sp³-hybridized carbons (Fsp3) is 0.364. The van der Waals surface area contributed by atoms with Crippen molar-refractivity contribution in [2.24, 2.45) is 5.92 Å². The standard InChI is InChI=1S/C22H26N2O3/c1-14-4-12-20(13-5-14)27-16(3)21(25)23-15(2)17-8-10-19(11-9-17)24-22(26)18-6-7-18/h4-5,8-13,15-16,18H,6-7H2,1-3H3,(H,23,25)(H,24,26). The van der Waals surface area contributed by atoms with Crippen LogP contribution in [0.15, 0.2) is 48.5 Å². The van der Waals surface area contributed by atoms with Gasteiger partial charge in [-0.15, -0.1) is 0 Å². The number of carbonyl (C=O) groups excluding carboxylic acids is 2. The third-order valence-corrected chi connectivity index (χ3v) is 4.69. The van der Waals surface area contributed by atoms with E-state index in [2.05, 4.69) is 10.6 Å². The van der Waals surface area contributed by atoms with E-state index in [-0.39, 0.29) is 23.8 Å². The molecule has 5 heteroatoms. The van der Waals surface area contributed by atoms with Crippen molar-refractivity contribution in [2.75, 3.05) is 5.32 Å². The first-order chi connectivity index (χ1) is 12.9. The lowest BCUT2D eigenvalue weighted by molar-refractivity contribution is -0.128. The van der Waals surface area contributed by atoms with E-state index < -0.39 is 6.10 Å². The Morgan fingerprint density at radius 1 is 1.00 bits per heavy atom. The third-order valence-electron chi connectivity index (χ3n) is 4.69. The molecule has 2 aromatic rings. The molecule has 0 aliphatic heterocycles. The maximum atomic E-state index is 12.4. The highest BCUT2D eigenvalue weighted by Gasteiger charge is 2.29. The minimum absolute atomic E-state index is 0.0891. The van der Waals surface area contributed by atoms with Crippen LogP contribution in [0.5, 0.6) is 5.75 Å². The van der Waals surface area contributed by atoms with E-state index in [9.17, 15) is 9.59 Å². The number of ether oxygens (including phenoxy) is 1. The second-order valence-electron chi connectivity index (χ2n) is 7.19. The molecule has 0 radical (unpaired) electrons. The summed E-state index contributed by atoms with van der Waals surface area (Å²) < 4.78 is 5.70. The molecule has 0 heterocycles. The van der Waals surface area contributed by atoms with Crippen LogP contribution in [0.3, 0.4) is 0 Å². The van der Waals surface area contributed by atoms with Crippen molar-refractivity contribution >= 4 is 17.5 Å². The Morgan fingerprint density at radius 2 is 1.63 bits per heavy atom. The number of anilines is 1. The summed E-state index contributed by atoms with van der Waals surface area (Å²) in [7, 11) is 0. The average molecular weight is 366 g/mol. The molecule has 0 spiro atoms. The van der Waals surface area contributed by atoms with E-state index in [1.54, 1.807) is 6.92 Å². The lowest BCUT2D eigenvalue weighted by atomic mass is 10.1. The van der Waals surface area contributed by atoms with Crippen molar-refractivity contribution in [1.82, 2.24) is 5.32 Å². The number of rotatable bonds is 7. The fourth-order valence-electron chi connectivity index (χ4n) is 2.73. The zero-order valence-electron chi connectivity index (χ0n) is 16.0. The quantitative estimate of drug-likeness (QED) is 0.779. The Kier molecular flexibility index (Phi) is 5.79. The van der Waals surface area contributed by atoms with E-state index >= 15 is 0 Å². The molecule has 2 unspecified atom stereocenters. The lowest BCUT2D eigenvalue weighted by Gasteiger charge is -2.19. The fourth-order valence-corrected chi connectivity index (χ4v) is 2.73. The van der Waals surface area contributed by atoms with Crippen LogP contribution in [0.4, 0.5) is 5.69 Å². The SMILES string of the molecule is Cc1ccc(OC(C)C(=O)NC(C)c2ccc(NC(=O)C3CC3)cc2)cc1. The van der Waals surface area contributed by atoms with Crippen LogP contribution in [-0.2, 0) is 9.59 Å². The molecule has 1 aliphatic rings. The summed E-state index contributed by atoms with van der Waals surface area (Å²) >= 11 is 0. The van der Waals surface area contributed by atoms with Gasteiger partial charge in [0.05, 0.1) is 6.04 Å². The van der Waals surface area contributed by atoms with Crippen molar-refractivity contribution in [3.05, 3.63) is 59.7 Å². The molecule has 2 aromatic carbocycles. The molecule has 3 rings (SSSR count). The molecule has 2 N–H and O–H groups in total. The van der Waals surface area contributed by atoms with Crippen LogP contribution >= 0.6 is 0 Å². The van der Waals surface area contributed by atoms with Crippen molar-refractivity contribution in [3.8, 4) is 5.75 Å². The van der Waals surface area contributed by atoms with E-state index in [4.69, 9.17) is 4.74 Å². The van der Waals surface area contributed by atoms with E-state index in [1.807, 2.05) is 62.4 Å². The van der Waals surface area contributed by atoms with Gasteiger partial charge in [-0.3, -0.25) is 9.59 Å². The number of hydrogen-bond acceptors (Lipinski definition) is 3. The lowest BCUT2D eigenvalue weighted by Crippen LogP contribution is -2.37. The summed E-state index contributed by atoms with van der Waals surface area (Å²) in [5.41, 5.74) is 2.89. The number of nitrogens with one attached hydrogen (secondary N) is 2. The normalized spacial score (nSPS) is 15.5. The molecule has 1 aliphatic carbocycles. The summed E-state index contributed by atoms with van der Waals surface area (Å²) in [5, 5.41) is 5.88. The number of aryl methyl sites for hydroxylation is 1. The van der Waals surface area contributed by atoms with E-state index in [0.29, 0.717) is 5.75 Å². The van der Waals surface area contributed by atoms with Gasteiger partial charge in [-0.2, -0.15) is 0 Å². The summed E-state index contributed by atoms with van der Waals surface area (Å²) in [6.45, 7) is 5.66. The Bertz CT molecular complexity index is 795. The predicted molar refractivity (Wildman–Crippen MR) is 106 cm³/mol. The van der Waals surface area contributed by atoms with Gasteiger partial charge in [0, 0.05) is 11.6 Å². The maximum absolute atomic E-state index is 12.4. The topological polar surface area (TPSA) is 67.4 Å². The summed E-state index contributed by atoms with van der Waals surface area (Å²) in [4.78, 5) is 24.2. The van der Waals surface area contributed by atoms with E-state index in [1.165, 1.54) is 0 Å². The van der Waals surface area contributed by atoms with Gasteiger partial charge in [0.1, 0.15) is 5.75 Å². The zero-order valence-corrected chi connectivity index (χ0v) is 16.0. The van der Waals surface area contributed by atoms with Crippen molar-refractivity contribution < 1.29 is 14.3 Å². The van der Waals surface area contributed by atoms with Gasteiger partial charge >= 0.3 is 0 Å². The first-order valence-electron chi connectivity index (χ1n) is 9.37. The molecular weight excluding hydrogens is 340 g/mol. The van der Waals surface area contributed by atoms with Crippen LogP contribution in [0.1, 0.15) is 43.9 Å². The van der Waals surface area contributed by atoms with Crippen LogP contribution < -0.4 is 15.4 Å². The number of carbonyl (C=O) groups is 2. The van der Waals surface area contributed by atoms with Crippen LogP contribution in [0, 0.1) is 12.8 Å². The van der Waals surface area contributed by atoms with Gasteiger partial charge < -0.3 is 15.4 Å². The monoisotopic (exact) mass is 366 g/mol. The molecule has 1 saturated carbocycles. The highest BCUT2D eigenvalue weighted by Crippen LogP contribution is 2.30. The molecule has 27 heavy (non-hydrogen) atoms. The minimum atomic E-state index is -0.591. The summed E-state index contributed by atoms with van der Waals surface area (Å²) in [6, 6.07) is 15.0. The molecule has 2 atom stereocenters. The van der Waals surface area contributed by atoms with Crippen LogP contribution in [0.25, 0.3) is 0 Å². The highest BCUT2D eigenvalue weighted by atomic mass is 16.5. The Hall–Kier alpha value is -2.82. The molecule has 142 valence electrons. The first kappa shape index (κ1) is 19.0. The van der Waals surface area contributed by atoms with Gasteiger partial charge in [0.2, 0.25) is 5.91 Å².